The first-order chi connectivity index (χ1) is 9.76. The molecule has 0 atom stereocenters. The smallest absolute Gasteiger partial charge is 0.273 e. The Morgan fingerprint density at radius 2 is 2.14 bits per heavy atom. The molecule has 0 radical (unpaired) electrons. The van der Waals surface area contributed by atoms with Gasteiger partial charge in [0.25, 0.3) is 10.0 Å². The van der Waals surface area contributed by atoms with Gasteiger partial charge >= 0.3 is 0 Å². The van der Waals surface area contributed by atoms with E-state index in [4.69, 9.17) is 9.88 Å². The number of hydrogen-bond donors (Lipinski definition) is 1. The second-order valence-corrected chi connectivity index (χ2v) is 9.26. The van der Waals surface area contributed by atoms with Crippen LogP contribution in [-0.2, 0) is 24.8 Å². The summed E-state index contributed by atoms with van der Waals surface area (Å²) in [5.74, 6) is 0. The molecule has 0 aromatic carbocycles. The van der Waals surface area contributed by atoms with Crippen molar-refractivity contribution in [2.24, 2.45) is 5.14 Å². The Bertz CT molecular complexity index is 749. The summed E-state index contributed by atoms with van der Waals surface area (Å²) >= 11 is 0.672. The zero-order chi connectivity index (χ0) is 15.7. The van der Waals surface area contributed by atoms with Crippen LogP contribution in [0, 0.1) is 0 Å². The molecule has 21 heavy (non-hydrogen) atoms. The molecule has 0 unspecified atom stereocenters. The van der Waals surface area contributed by atoms with Gasteiger partial charge in [0.15, 0.2) is 0 Å². The third-order valence-corrected chi connectivity index (χ3v) is 7.69. The van der Waals surface area contributed by atoms with Gasteiger partial charge in [-0.3, -0.25) is 4.31 Å². The summed E-state index contributed by atoms with van der Waals surface area (Å²) in [4.78, 5) is 0. The van der Waals surface area contributed by atoms with Gasteiger partial charge in [-0.05, 0) is 25.5 Å². The molecule has 0 fully saturated rings. The standard InChI is InChI=1S/C11H16N2O5S3/c1-2-18-7-3-5-13-6-4-9-8-10(20(12,14)15)19-11(9)21(13,16)17/h4,6,8H,2-3,5,7H2,1H3,(H2,12,14,15). The van der Waals surface area contributed by atoms with E-state index in [9.17, 15) is 16.8 Å². The normalized spacial score (nSPS) is 17.0. The summed E-state index contributed by atoms with van der Waals surface area (Å²) in [7, 11) is -7.63. The van der Waals surface area contributed by atoms with Crippen LogP contribution in [0.1, 0.15) is 18.9 Å². The molecule has 10 heteroatoms. The molecule has 1 aromatic heterocycles. The fourth-order valence-electron chi connectivity index (χ4n) is 1.84. The maximum Gasteiger partial charge on any atom is 0.273 e. The Morgan fingerprint density at radius 1 is 1.43 bits per heavy atom. The maximum atomic E-state index is 12.4. The number of primary sulfonamides is 1. The predicted octanol–water partition coefficient (Wildman–Crippen LogP) is 0.797. The van der Waals surface area contributed by atoms with Crippen molar-refractivity contribution in [1.82, 2.24) is 4.31 Å². The molecule has 2 rings (SSSR count). The number of nitrogens with two attached hydrogens (primary N) is 1. The SMILES string of the molecule is CCOCCCN1C=Cc2cc(S(N)(=O)=O)sc2S1(=O)=O. The Kier molecular flexibility index (Phi) is 4.73. The Morgan fingerprint density at radius 3 is 2.76 bits per heavy atom. The molecule has 0 aliphatic carbocycles. The molecule has 118 valence electrons. The minimum atomic E-state index is -3.91. The van der Waals surface area contributed by atoms with E-state index in [1.807, 2.05) is 6.92 Å². The van der Waals surface area contributed by atoms with Gasteiger partial charge in [-0.2, -0.15) is 0 Å². The number of ether oxygens (including phenoxy) is 1. The number of thiophene rings is 1. The number of nitrogens with zero attached hydrogens (tertiary/aromatic N) is 1. The number of fused-ring (bicyclic) bond motifs is 1. The second-order valence-electron chi connectivity index (χ2n) is 4.34. The fourth-order valence-corrected chi connectivity index (χ4v) is 5.82. The Hall–Kier alpha value is -0.940. The highest BCUT2D eigenvalue weighted by atomic mass is 32.3. The summed E-state index contributed by atoms with van der Waals surface area (Å²) in [6.45, 7) is 3.19. The zero-order valence-electron chi connectivity index (χ0n) is 11.4. The van der Waals surface area contributed by atoms with Gasteiger partial charge in [-0.15, -0.1) is 11.3 Å². The minimum Gasteiger partial charge on any atom is -0.382 e. The lowest BCUT2D eigenvalue weighted by molar-refractivity contribution is 0.142. The number of hydrogen-bond acceptors (Lipinski definition) is 6. The molecular weight excluding hydrogens is 336 g/mol. The molecule has 1 aliphatic rings. The van der Waals surface area contributed by atoms with E-state index in [1.165, 1.54) is 16.6 Å². The van der Waals surface area contributed by atoms with Crippen molar-refractivity contribution >= 4 is 37.5 Å². The van der Waals surface area contributed by atoms with Crippen LogP contribution in [0.3, 0.4) is 0 Å². The van der Waals surface area contributed by atoms with Crippen molar-refractivity contribution in [3.8, 4) is 0 Å². The van der Waals surface area contributed by atoms with E-state index < -0.39 is 20.0 Å². The molecule has 2 heterocycles. The van der Waals surface area contributed by atoms with Crippen molar-refractivity contribution in [1.29, 1.82) is 0 Å². The van der Waals surface area contributed by atoms with E-state index in [1.54, 1.807) is 6.08 Å². The van der Waals surface area contributed by atoms with Crippen molar-refractivity contribution < 1.29 is 21.6 Å². The monoisotopic (exact) mass is 352 g/mol. The van der Waals surface area contributed by atoms with Crippen molar-refractivity contribution in [3.63, 3.8) is 0 Å². The average molecular weight is 352 g/mol. The van der Waals surface area contributed by atoms with Gasteiger partial charge < -0.3 is 4.74 Å². The van der Waals surface area contributed by atoms with Crippen LogP contribution >= 0.6 is 11.3 Å². The first-order valence-electron chi connectivity index (χ1n) is 6.21. The lowest BCUT2D eigenvalue weighted by atomic mass is 10.3. The topological polar surface area (TPSA) is 107 Å². The van der Waals surface area contributed by atoms with E-state index in [0.717, 1.165) is 0 Å². The molecule has 0 saturated heterocycles. The lowest BCUT2D eigenvalue weighted by Crippen LogP contribution is -2.29. The van der Waals surface area contributed by atoms with E-state index in [2.05, 4.69) is 0 Å². The molecule has 0 spiro atoms. The van der Waals surface area contributed by atoms with Crippen LogP contribution in [0.25, 0.3) is 6.08 Å². The summed E-state index contributed by atoms with van der Waals surface area (Å²) in [6, 6.07) is 1.28. The molecular formula is C11H16N2O5S3. The second kappa shape index (κ2) is 6.05. The predicted molar refractivity (Wildman–Crippen MR) is 79.7 cm³/mol. The van der Waals surface area contributed by atoms with Gasteiger partial charge in [0.05, 0.1) is 0 Å². The molecule has 1 aliphatic heterocycles. The molecule has 0 amide bonds. The lowest BCUT2D eigenvalue weighted by Gasteiger charge is -2.22. The third kappa shape index (κ3) is 3.46. The van der Waals surface area contributed by atoms with Crippen LogP contribution in [-0.4, -0.2) is 40.9 Å². The molecule has 2 N–H and O–H groups in total. The summed E-state index contributed by atoms with van der Waals surface area (Å²) in [5.41, 5.74) is 0.352. The molecule has 1 aromatic rings. The molecule has 7 nitrogen and oxygen atoms in total. The van der Waals surface area contributed by atoms with Crippen LogP contribution in [0.2, 0.25) is 0 Å². The third-order valence-electron chi connectivity index (χ3n) is 2.82. The van der Waals surface area contributed by atoms with Gasteiger partial charge in [0.2, 0.25) is 10.0 Å². The van der Waals surface area contributed by atoms with Gasteiger partial charge in [0.1, 0.15) is 8.42 Å². The van der Waals surface area contributed by atoms with Crippen molar-refractivity contribution in [2.75, 3.05) is 19.8 Å². The van der Waals surface area contributed by atoms with Crippen LogP contribution in [0.4, 0.5) is 0 Å². The Balaban J connectivity index is 2.25. The van der Waals surface area contributed by atoms with Gasteiger partial charge in [0, 0.05) is 31.5 Å². The molecule has 0 saturated carbocycles. The quantitative estimate of drug-likeness (QED) is 0.762. The molecule has 0 bridgehead atoms. The largest absolute Gasteiger partial charge is 0.382 e. The van der Waals surface area contributed by atoms with E-state index >= 15 is 0 Å². The maximum absolute atomic E-state index is 12.4. The van der Waals surface area contributed by atoms with E-state index in [-0.39, 0.29) is 15.0 Å². The summed E-state index contributed by atoms with van der Waals surface area (Å²) in [6.07, 6.45) is 3.56. The first kappa shape index (κ1) is 16.4. The minimum absolute atomic E-state index is 0.00503. The summed E-state index contributed by atoms with van der Waals surface area (Å²) in [5, 5.41) is 5.04. The van der Waals surface area contributed by atoms with Crippen LogP contribution < -0.4 is 5.14 Å². The zero-order valence-corrected chi connectivity index (χ0v) is 13.8. The first-order valence-corrected chi connectivity index (χ1v) is 10.0. The van der Waals surface area contributed by atoms with Crippen LogP contribution in [0.15, 0.2) is 20.7 Å². The van der Waals surface area contributed by atoms with Crippen LogP contribution in [0.5, 0.6) is 0 Å². The number of sulfonamides is 2. The van der Waals surface area contributed by atoms with E-state index in [0.29, 0.717) is 36.5 Å². The number of rotatable bonds is 6. The van der Waals surface area contributed by atoms with Gasteiger partial charge in [-0.1, -0.05) is 0 Å². The van der Waals surface area contributed by atoms with Crippen molar-refractivity contribution in [3.05, 3.63) is 17.8 Å². The average Bonchev–Trinajstić information content (AvgIpc) is 2.82. The Labute approximate surface area is 128 Å². The highest BCUT2D eigenvalue weighted by molar-refractivity contribution is 7.94. The highest BCUT2D eigenvalue weighted by Crippen LogP contribution is 2.35. The summed E-state index contributed by atoms with van der Waals surface area (Å²) < 4.78 is 53.7. The van der Waals surface area contributed by atoms with Gasteiger partial charge in [-0.25, -0.2) is 22.0 Å². The fraction of sp³-hybridized carbons (Fsp3) is 0.455. The highest BCUT2D eigenvalue weighted by Gasteiger charge is 2.31. The van der Waals surface area contributed by atoms with Crippen molar-refractivity contribution in [2.45, 2.75) is 21.8 Å².